The second-order valence-electron chi connectivity index (χ2n) is 6.76. The smallest absolute Gasteiger partial charge is 0.338 e. The summed E-state index contributed by atoms with van der Waals surface area (Å²) in [6.45, 7) is 2.39. The second-order valence-corrected chi connectivity index (χ2v) is 8.63. The predicted molar refractivity (Wildman–Crippen MR) is 109 cm³/mol. The first-order valence-corrected chi connectivity index (χ1v) is 11.0. The minimum absolute atomic E-state index is 0.0130. The molecule has 0 radical (unpaired) electrons. The number of nitrogens with one attached hydrogen (secondary N) is 1. The number of carbonyl (C=O) groups excluding carboxylic acids is 2. The summed E-state index contributed by atoms with van der Waals surface area (Å²) < 4.78 is 32.8. The number of para-hydroxylation sites is 1. The summed E-state index contributed by atoms with van der Waals surface area (Å²) >= 11 is 0. The van der Waals surface area contributed by atoms with E-state index in [2.05, 4.69) is 5.32 Å². The minimum Gasteiger partial charge on any atom is -0.452 e. The van der Waals surface area contributed by atoms with Crippen LogP contribution in [-0.4, -0.2) is 40.0 Å². The zero-order valence-corrected chi connectivity index (χ0v) is 17.1. The topological polar surface area (TPSA) is 92.8 Å². The number of fused-ring (bicyclic) bond motifs is 1. The van der Waals surface area contributed by atoms with Gasteiger partial charge in [0.1, 0.15) is 0 Å². The number of hydrogen-bond acceptors (Lipinski definition) is 5. The summed E-state index contributed by atoms with van der Waals surface area (Å²) in [7, 11) is -3.83. The Morgan fingerprint density at radius 1 is 1.14 bits per heavy atom. The van der Waals surface area contributed by atoms with Crippen molar-refractivity contribution in [2.75, 3.05) is 24.0 Å². The zero-order chi connectivity index (χ0) is 20.9. The first-order valence-electron chi connectivity index (χ1n) is 9.58. The molecule has 154 valence electrons. The van der Waals surface area contributed by atoms with Crippen LogP contribution in [0, 0.1) is 0 Å². The van der Waals surface area contributed by atoms with Crippen LogP contribution in [0.2, 0.25) is 0 Å². The van der Waals surface area contributed by atoms with E-state index in [0.717, 1.165) is 24.8 Å². The van der Waals surface area contributed by atoms with Gasteiger partial charge < -0.3 is 10.1 Å². The lowest BCUT2D eigenvalue weighted by molar-refractivity contribution is -0.124. The Hall–Kier alpha value is -2.87. The van der Waals surface area contributed by atoms with Crippen molar-refractivity contribution in [3.05, 3.63) is 59.7 Å². The van der Waals surface area contributed by atoms with Crippen molar-refractivity contribution in [2.24, 2.45) is 0 Å². The zero-order valence-electron chi connectivity index (χ0n) is 16.3. The molecule has 0 saturated heterocycles. The number of ether oxygens (including phenoxy) is 1. The van der Waals surface area contributed by atoms with Gasteiger partial charge >= 0.3 is 5.97 Å². The maximum atomic E-state index is 13.2. The van der Waals surface area contributed by atoms with E-state index in [-0.39, 0.29) is 10.5 Å². The highest BCUT2D eigenvalue weighted by Gasteiger charge is 2.29. The molecule has 0 aromatic heterocycles. The number of esters is 1. The Morgan fingerprint density at radius 2 is 1.93 bits per heavy atom. The van der Waals surface area contributed by atoms with Crippen molar-refractivity contribution < 1.29 is 22.7 Å². The summed E-state index contributed by atoms with van der Waals surface area (Å²) in [5, 5.41) is 2.61. The predicted octanol–water partition coefficient (Wildman–Crippen LogP) is 2.51. The number of aryl methyl sites for hydroxylation is 1. The van der Waals surface area contributed by atoms with Crippen molar-refractivity contribution in [1.29, 1.82) is 0 Å². The van der Waals surface area contributed by atoms with E-state index in [4.69, 9.17) is 4.74 Å². The third-order valence-electron chi connectivity index (χ3n) is 4.63. The molecule has 1 amide bonds. The molecule has 0 saturated carbocycles. The molecule has 1 aliphatic rings. The largest absolute Gasteiger partial charge is 0.452 e. The molecule has 3 rings (SSSR count). The quantitative estimate of drug-likeness (QED) is 0.700. The van der Waals surface area contributed by atoms with Gasteiger partial charge in [0, 0.05) is 13.1 Å². The molecule has 1 heterocycles. The fraction of sp³-hybridized carbons (Fsp3) is 0.333. The van der Waals surface area contributed by atoms with Crippen LogP contribution in [0.1, 0.15) is 35.7 Å². The standard InChI is InChI=1S/C21H24N2O5S/c1-2-12-22-20(24)15-28-21(25)17-8-5-10-18(14-17)29(26,27)23-13-6-9-16-7-3-4-11-19(16)23/h3-5,7-8,10-11,14H,2,6,9,12-13,15H2,1H3,(H,22,24). The van der Waals surface area contributed by atoms with Crippen molar-refractivity contribution in [3.8, 4) is 0 Å². The number of benzene rings is 2. The van der Waals surface area contributed by atoms with Crippen molar-refractivity contribution in [3.63, 3.8) is 0 Å². The molecule has 29 heavy (non-hydrogen) atoms. The lowest BCUT2D eigenvalue weighted by atomic mass is 10.0. The number of nitrogens with zero attached hydrogens (tertiary/aromatic N) is 1. The summed E-state index contributed by atoms with van der Waals surface area (Å²) in [4.78, 5) is 23.9. The van der Waals surface area contributed by atoms with Gasteiger partial charge in [0.05, 0.1) is 16.1 Å². The molecule has 0 atom stereocenters. The van der Waals surface area contributed by atoms with E-state index in [0.29, 0.717) is 18.8 Å². The Morgan fingerprint density at radius 3 is 2.72 bits per heavy atom. The average Bonchev–Trinajstić information content (AvgIpc) is 2.75. The van der Waals surface area contributed by atoms with Gasteiger partial charge in [-0.2, -0.15) is 0 Å². The fourth-order valence-corrected chi connectivity index (χ4v) is 4.78. The van der Waals surface area contributed by atoms with E-state index in [1.807, 2.05) is 25.1 Å². The Balaban J connectivity index is 1.79. The van der Waals surface area contributed by atoms with Gasteiger partial charge in [0.25, 0.3) is 15.9 Å². The summed E-state index contributed by atoms with van der Waals surface area (Å²) in [5.41, 5.74) is 1.73. The van der Waals surface area contributed by atoms with Gasteiger partial charge in [-0.3, -0.25) is 9.10 Å². The van der Waals surface area contributed by atoms with Gasteiger partial charge in [0.2, 0.25) is 0 Å². The molecule has 8 heteroatoms. The molecular weight excluding hydrogens is 392 g/mol. The van der Waals surface area contributed by atoms with Crippen LogP contribution in [0.25, 0.3) is 0 Å². The van der Waals surface area contributed by atoms with Crippen molar-refractivity contribution in [2.45, 2.75) is 31.1 Å². The monoisotopic (exact) mass is 416 g/mol. The van der Waals surface area contributed by atoms with Crippen molar-refractivity contribution >= 4 is 27.6 Å². The lowest BCUT2D eigenvalue weighted by Gasteiger charge is -2.30. The third-order valence-corrected chi connectivity index (χ3v) is 6.44. The summed E-state index contributed by atoms with van der Waals surface area (Å²) in [5.74, 6) is -1.14. The van der Waals surface area contributed by atoms with Crippen LogP contribution in [0.3, 0.4) is 0 Å². The molecule has 0 bridgehead atoms. The minimum atomic E-state index is -3.83. The number of amides is 1. The van der Waals surface area contributed by atoms with E-state index in [9.17, 15) is 18.0 Å². The molecule has 7 nitrogen and oxygen atoms in total. The maximum Gasteiger partial charge on any atom is 0.338 e. The van der Waals surface area contributed by atoms with Crippen LogP contribution in [0.5, 0.6) is 0 Å². The lowest BCUT2D eigenvalue weighted by Crippen LogP contribution is -2.35. The number of anilines is 1. The van der Waals surface area contributed by atoms with Gasteiger partial charge in [-0.25, -0.2) is 13.2 Å². The van der Waals surface area contributed by atoms with Gasteiger partial charge in [-0.15, -0.1) is 0 Å². The number of carbonyl (C=O) groups is 2. The normalized spacial score (nSPS) is 13.5. The first-order chi connectivity index (χ1) is 13.9. The highest BCUT2D eigenvalue weighted by Crippen LogP contribution is 2.31. The molecule has 1 aliphatic heterocycles. The van der Waals surface area contributed by atoms with Crippen LogP contribution in [0.15, 0.2) is 53.4 Å². The van der Waals surface area contributed by atoms with E-state index >= 15 is 0 Å². The molecule has 1 N–H and O–H groups in total. The third kappa shape index (κ3) is 4.76. The number of rotatable bonds is 7. The highest BCUT2D eigenvalue weighted by molar-refractivity contribution is 7.92. The molecule has 0 aliphatic carbocycles. The van der Waals surface area contributed by atoms with Crippen LogP contribution in [-0.2, 0) is 26.0 Å². The van der Waals surface area contributed by atoms with Gasteiger partial charge in [0.15, 0.2) is 6.61 Å². The first kappa shape index (κ1) is 20.9. The SMILES string of the molecule is CCCNC(=O)COC(=O)c1cccc(S(=O)(=O)N2CCCc3ccccc32)c1. The molecule has 2 aromatic carbocycles. The number of sulfonamides is 1. The second kappa shape index (κ2) is 9.09. The Labute approximate surface area is 170 Å². The van der Waals surface area contributed by atoms with Gasteiger partial charge in [-0.1, -0.05) is 31.2 Å². The average molecular weight is 416 g/mol. The summed E-state index contributed by atoms with van der Waals surface area (Å²) in [6.07, 6.45) is 2.33. The van der Waals surface area contributed by atoms with Crippen molar-refractivity contribution in [1.82, 2.24) is 5.32 Å². The Bertz CT molecular complexity index is 1000. The van der Waals surface area contributed by atoms with E-state index < -0.39 is 28.5 Å². The molecular formula is C21H24N2O5S. The molecule has 0 spiro atoms. The fourth-order valence-electron chi connectivity index (χ4n) is 3.19. The van der Waals surface area contributed by atoms with Crippen LogP contribution < -0.4 is 9.62 Å². The van der Waals surface area contributed by atoms with E-state index in [1.165, 1.54) is 28.6 Å². The molecule has 0 fully saturated rings. The molecule has 2 aromatic rings. The van der Waals surface area contributed by atoms with Crippen LogP contribution in [0.4, 0.5) is 5.69 Å². The Kier molecular flexibility index (Phi) is 6.53. The summed E-state index contributed by atoms with van der Waals surface area (Å²) in [6, 6.07) is 13.1. The maximum absolute atomic E-state index is 13.2. The van der Waals surface area contributed by atoms with E-state index in [1.54, 1.807) is 6.07 Å². The van der Waals surface area contributed by atoms with Crippen LogP contribution >= 0.6 is 0 Å². The molecule has 0 unspecified atom stereocenters. The van der Waals surface area contributed by atoms with Gasteiger partial charge in [-0.05, 0) is 49.1 Å². The highest BCUT2D eigenvalue weighted by atomic mass is 32.2. The number of hydrogen-bond donors (Lipinski definition) is 1.